The van der Waals surface area contributed by atoms with Crippen LogP contribution in [0.3, 0.4) is 0 Å². The molecule has 1 fully saturated rings. The van der Waals surface area contributed by atoms with Crippen molar-refractivity contribution >= 4 is 5.91 Å². The summed E-state index contributed by atoms with van der Waals surface area (Å²) in [6.07, 6.45) is 2.33. The Balaban J connectivity index is 2.10. The maximum Gasteiger partial charge on any atom is 0.254 e. The van der Waals surface area contributed by atoms with Crippen LogP contribution in [-0.2, 0) is 0 Å². The molecule has 0 aliphatic carbocycles. The molecular formula is C15H22N2O2. The number of hydrogen-bond donors (Lipinski definition) is 2. The lowest BCUT2D eigenvalue weighted by Gasteiger charge is -2.25. The molecule has 2 rings (SSSR count). The summed E-state index contributed by atoms with van der Waals surface area (Å²) in [5.74, 6) is 0.253. The van der Waals surface area contributed by atoms with E-state index in [1.807, 2.05) is 18.7 Å². The average Bonchev–Trinajstić information content (AvgIpc) is 2.88. The maximum atomic E-state index is 12.5. The topological polar surface area (TPSA) is 52.6 Å². The van der Waals surface area contributed by atoms with Gasteiger partial charge in [-0.15, -0.1) is 0 Å². The van der Waals surface area contributed by atoms with Crippen LogP contribution in [0.15, 0.2) is 18.2 Å². The molecule has 1 aromatic carbocycles. The maximum absolute atomic E-state index is 12.5. The van der Waals surface area contributed by atoms with Gasteiger partial charge < -0.3 is 15.3 Å². The van der Waals surface area contributed by atoms with Crippen molar-refractivity contribution in [2.75, 3.05) is 19.6 Å². The van der Waals surface area contributed by atoms with Crippen LogP contribution in [-0.4, -0.2) is 41.6 Å². The lowest BCUT2D eigenvalue weighted by molar-refractivity contribution is 0.0750. The number of carbonyl (C=O) groups excluding carboxylic acids is 1. The highest BCUT2D eigenvalue weighted by molar-refractivity contribution is 5.95. The van der Waals surface area contributed by atoms with E-state index in [0.717, 1.165) is 25.1 Å². The van der Waals surface area contributed by atoms with Gasteiger partial charge in [0.2, 0.25) is 0 Å². The van der Waals surface area contributed by atoms with Gasteiger partial charge in [0.05, 0.1) is 0 Å². The molecule has 1 atom stereocenters. The lowest BCUT2D eigenvalue weighted by Crippen LogP contribution is -2.41. The number of amides is 1. The van der Waals surface area contributed by atoms with Gasteiger partial charge in [-0.25, -0.2) is 0 Å². The molecular weight excluding hydrogens is 240 g/mol. The van der Waals surface area contributed by atoms with E-state index in [0.29, 0.717) is 18.2 Å². The summed E-state index contributed by atoms with van der Waals surface area (Å²) in [5, 5.41) is 12.8. The quantitative estimate of drug-likeness (QED) is 0.871. The number of phenols is 1. The fourth-order valence-corrected chi connectivity index (χ4v) is 2.59. The molecule has 1 heterocycles. The number of phenolic OH excluding ortho intramolecular Hbond substituents is 1. The molecule has 0 spiro atoms. The van der Waals surface area contributed by atoms with Crippen molar-refractivity contribution in [1.29, 1.82) is 0 Å². The van der Waals surface area contributed by atoms with E-state index in [9.17, 15) is 9.90 Å². The first-order valence-corrected chi connectivity index (χ1v) is 6.94. The fraction of sp³-hybridized carbons (Fsp3) is 0.533. The Bertz CT molecular complexity index is 453. The summed E-state index contributed by atoms with van der Waals surface area (Å²) in [4.78, 5) is 14.4. The molecule has 1 aliphatic heterocycles. The average molecular weight is 262 g/mol. The smallest absolute Gasteiger partial charge is 0.254 e. The molecule has 0 radical (unpaired) electrons. The number of carbonyl (C=O) groups is 1. The first kappa shape index (κ1) is 13.9. The summed E-state index contributed by atoms with van der Waals surface area (Å²) in [6, 6.07) is 5.33. The Hall–Kier alpha value is -1.55. The van der Waals surface area contributed by atoms with Crippen LogP contribution >= 0.6 is 0 Å². The molecule has 4 heteroatoms. The highest BCUT2D eigenvalue weighted by Crippen LogP contribution is 2.18. The number of aryl methyl sites for hydroxylation is 1. The number of nitrogens with zero attached hydrogens (tertiary/aromatic N) is 1. The molecule has 19 heavy (non-hydrogen) atoms. The van der Waals surface area contributed by atoms with E-state index < -0.39 is 0 Å². The van der Waals surface area contributed by atoms with Crippen LogP contribution in [0.2, 0.25) is 0 Å². The number of benzene rings is 1. The van der Waals surface area contributed by atoms with Crippen LogP contribution in [0, 0.1) is 6.92 Å². The summed E-state index contributed by atoms with van der Waals surface area (Å²) in [6.45, 7) is 6.37. The zero-order valence-electron chi connectivity index (χ0n) is 11.6. The monoisotopic (exact) mass is 262 g/mol. The largest absolute Gasteiger partial charge is 0.508 e. The van der Waals surface area contributed by atoms with Crippen molar-refractivity contribution in [1.82, 2.24) is 10.2 Å². The molecule has 104 valence electrons. The van der Waals surface area contributed by atoms with Crippen molar-refractivity contribution in [2.24, 2.45) is 0 Å². The van der Waals surface area contributed by atoms with Crippen LogP contribution in [0.1, 0.15) is 35.7 Å². The predicted octanol–water partition coefficient (Wildman–Crippen LogP) is 1.91. The molecule has 0 aromatic heterocycles. The van der Waals surface area contributed by atoms with Crippen molar-refractivity contribution < 1.29 is 9.90 Å². The van der Waals surface area contributed by atoms with Gasteiger partial charge in [0.25, 0.3) is 5.91 Å². The minimum absolute atomic E-state index is 0.0497. The standard InChI is InChI=1S/C15H22N2O2/c1-3-17(10-12-5-4-8-16-12)15(19)14-7-6-13(18)9-11(14)2/h6-7,9,12,16,18H,3-5,8,10H2,1-2H3. The lowest BCUT2D eigenvalue weighted by atomic mass is 10.1. The summed E-state index contributed by atoms with van der Waals surface area (Å²) < 4.78 is 0. The van der Waals surface area contributed by atoms with E-state index in [1.54, 1.807) is 18.2 Å². The summed E-state index contributed by atoms with van der Waals surface area (Å²) in [7, 11) is 0. The first-order chi connectivity index (χ1) is 9.11. The zero-order valence-corrected chi connectivity index (χ0v) is 11.6. The molecule has 1 unspecified atom stereocenters. The highest BCUT2D eigenvalue weighted by Gasteiger charge is 2.22. The molecule has 1 amide bonds. The first-order valence-electron chi connectivity index (χ1n) is 6.94. The predicted molar refractivity (Wildman–Crippen MR) is 75.4 cm³/mol. The van der Waals surface area contributed by atoms with Gasteiger partial charge in [0.15, 0.2) is 0 Å². The van der Waals surface area contributed by atoms with Gasteiger partial charge in [-0.05, 0) is 57.0 Å². The van der Waals surface area contributed by atoms with Gasteiger partial charge in [-0.2, -0.15) is 0 Å². The third-order valence-corrected chi connectivity index (χ3v) is 3.71. The Kier molecular flexibility index (Phi) is 4.43. The van der Waals surface area contributed by atoms with E-state index in [2.05, 4.69) is 5.32 Å². The third kappa shape index (κ3) is 3.26. The van der Waals surface area contributed by atoms with Crippen LogP contribution in [0.25, 0.3) is 0 Å². The van der Waals surface area contributed by atoms with Crippen molar-refractivity contribution in [3.63, 3.8) is 0 Å². The number of nitrogens with one attached hydrogen (secondary N) is 1. The van der Waals surface area contributed by atoms with Crippen molar-refractivity contribution in [3.05, 3.63) is 29.3 Å². The van der Waals surface area contributed by atoms with E-state index in [4.69, 9.17) is 0 Å². The summed E-state index contributed by atoms with van der Waals surface area (Å²) in [5.41, 5.74) is 1.50. The molecule has 0 saturated carbocycles. The third-order valence-electron chi connectivity index (χ3n) is 3.71. The van der Waals surface area contributed by atoms with Gasteiger partial charge in [-0.1, -0.05) is 0 Å². The van der Waals surface area contributed by atoms with Gasteiger partial charge in [0, 0.05) is 24.7 Å². The van der Waals surface area contributed by atoms with Crippen LogP contribution < -0.4 is 5.32 Å². The Labute approximate surface area is 114 Å². The molecule has 1 aliphatic rings. The number of aromatic hydroxyl groups is 1. The molecule has 1 aromatic rings. The number of hydrogen-bond acceptors (Lipinski definition) is 3. The highest BCUT2D eigenvalue weighted by atomic mass is 16.3. The summed E-state index contributed by atoms with van der Waals surface area (Å²) >= 11 is 0. The van der Waals surface area contributed by atoms with Gasteiger partial charge in [-0.3, -0.25) is 4.79 Å². The normalized spacial score (nSPS) is 18.5. The Morgan fingerprint density at radius 1 is 1.53 bits per heavy atom. The SMILES string of the molecule is CCN(CC1CCCN1)C(=O)c1ccc(O)cc1C. The second-order valence-electron chi connectivity index (χ2n) is 5.14. The van der Waals surface area contributed by atoms with E-state index in [1.165, 1.54) is 6.42 Å². The second-order valence-corrected chi connectivity index (χ2v) is 5.14. The van der Waals surface area contributed by atoms with Crippen LogP contribution in [0.4, 0.5) is 0 Å². The molecule has 0 bridgehead atoms. The molecule has 2 N–H and O–H groups in total. The molecule has 4 nitrogen and oxygen atoms in total. The Morgan fingerprint density at radius 2 is 2.32 bits per heavy atom. The van der Waals surface area contributed by atoms with Crippen LogP contribution in [0.5, 0.6) is 5.75 Å². The Morgan fingerprint density at radius 3 is 2.89 bits per heavy atom. The zero-order chi connectivity index (χ0) is 13.8. The second kappa shape index (κ2) is 6.06. The number of rotatable bonds is 4. The van der Waals surface area contributed by atoms with E-state index >= 15 is 0 Å². The van der Waals surface area contributed by atoms with Gasteiger partial charge >= 0.3 is 0 Å². The fourth-order valence-electron chi connectivity index (χ4n) is 2.59. The van der Waals surface area contributed by atoms with E-state index in [-0.39, 0.29) is 11.7 Å². The minimum atomic E-state index is 0.0497. The molecule has 1 saturated heterocycles. The van der Waals surface area contributed by atoms with Gasteiger partial charge in [0.1, 0.15) is 5.75 Å². The minimum Gasteiger partial charge on any atom is -0.508 e. The van der Waals surface area contributed by atoms with Crippen molar-refractivity contribution in [3.8, 4) is 5.75 Å². The van der Waals surface area contributed by atoms with Crippen molar-refractivity contribution in [2.45, 2.75) is 32.7 Å². The number of likely N-dealkylation sites (N-methyl/N-ethyl adjacent to an activating group) is 1.